The number of imidazole rings is 1. The highest BCUT2D eigenvalue weighted by Gasteiger charge is 2.04. The predicted octanol–water partition coefficient (Wildman–Crippen LogP) is 3.53. The van der Waals surface area contributed by atoms with Crippen LogP contribution in [0.15, 0.2) is 30.5 Å². The van der Waals surface area contributed by atoms with Crippen LogP contribution in [0.1, 0.15) is 38.6 Å². The predicted molar refractivity (Wildman–Crippen MR) is 80.0 cm³/mol. The highest BCUT2D eigenvalue weighted by atomic mass is 15.0. The first-order valence-electron chi connectivity index (χ1n) is 7.09. The second-order valence-corrected chi connectivity index (χ2v) is 4.98. The molecule has 1 aromatic carbocycles. The third kappa shape index (κ3) is 3.67. The molecule has 19 heavy (non-hydrogen) atoms. The third-order valence-corrected chi connectivity index (χ3v) is 3.53. The molecule has 0 saturated heterocycles. The Morgan fingerprint density at radius 3 is 2.58 bits per heavy atom. The van der Waals surface area contributed by atoms with Crippen LogP contribution in [0.3, 0.4) is 0 Å². The Hall–Kier alpha value is -1.61. The van der Waals surface area contributed by atoms with E-state index >= 15 is 0 Å². The summed E-state index contributed by atoms with van der Waals surface area (Å²) in [6.45, 7) is 7.33. The summed E-state index contributed by atoms with van der Waals surface area (Å²) in [5, 5.41) is 3.44. The molecule has 0 aliphatic heterocycles. The van der Waals surface area contributed by atoms with Crippen LogP contribution in [-0.2, 0) is 13.0 Å². The maximum Gasteiger partial charge on any atom is 0.120 e. The molecular formula is C16H23N3. The minimum Gasteiger partial charge on any atom is -0.341 e. The number of hydrogen-bond acceptors (Lipinski definition) is 2. The fourth-order valence-electron chi connectivity index (χ4n) is 1.93. The van der Waals surface area contributed by atoms with Crippen molar-refractivity contribution in [3.05, 3.63) is 41.9 Å². The highest BCUT2D eigenvalue weighted by Crippen LogP contribution is 2.17. The number of aromatic nitrogens is 2. The zero-order valence-electron chi connectivity index (χ0n) is 12.0. The minimum atomic E-state index is 0.525. The van der Waals surface area contributed by atoms with Gasteiger partial charge in [-0.25, -0.2) is 4.98 Å². The topological polar surface area (TPSA) is 40.7 Å². The summed E-state index contributed by atoms with van der Waals surface area (Å²) in [6, 6.07) is 9.18. The molecule has 1 heterocycles. The van der Waals surface area contributed by atoms with Gasteiger partial charge in [-0.3, -0.25) is 0 Å². The van der Waals surface area contributed by atoms with Crippen molar-refractivity contribution in [2.45, 2.75) is 46.2 Å². The lowest BCUT2D eigenvalue weighted by molar-refractivity contribution is 0.525. The monoisotopic (exact) mass is 257 g/mol. The minimum absolute atomic E-state index is 0.525. The first-order valence-corrected chi connectivity index (χ1v) is 7.09. The molecular weight excluding hydrogens is 234 g/mol. The van der Waals surface area contributed by atoms with E-state index in [4.69, 9.17) is 0 Å². The Kier molecular flexibility index (Phi) is 4.74. The highest BCUT2D eigenvalue weighted by molar-refractivity contribution is 5.58. The maximum absolute atomic E-state index is 4.42. The van der Waals surface area contributed by atoms with Gasteiger partial charge >= 0.3 is 0 Å². The van der Waals surface area contributed by atoms with E-state index in [2.05, 4.69) is 60.3 Å². The molecule has 102 valence electrons. The SMILES string of the molecule is CCc1ccc(-c2cnc(CNC(C)CC)[nH]2)cc1. The molecule has 1 atom stereocenters. The van der Waals surface area contributed by atoms with Gasteiger partial charge in [0.1, 0.15) is 5.82 Å². The van der Waals surface area contributed by atoms with E-state index in [1.165, 1.54) is 11.1 Å². The van der Waals surface area contributed by atoms with E-state index in [0.29, 0.717) is 6.04 Å². The molecule has 0 bridgehead atoms. The van der Waals surface area contributed by atoms with E-state index in [9.17, 15) is 0 Å². The quantitative estimate of drug-likeness (QED) is 0.831. The van der Waals surface area contributed by atoms with Gasteiger partial charge in [0.05, 0.1) is 18.4 Å². The number of nitrogens with one attached hydrogen (secondary N) is 2. The van der Waals surface area contributed by atoms with Crippen LogP contribution < -0.4 is 5.32 Å². The largest absolute Gasteiger partial charge is 0.341 e. The van der Waals surface area contributed by atoms with Crippen molar-refractivity contribution in [1.82, 2.24) is 15.3 Å². The van der Waals surface area contributed by atoms with E-state index in [-0.39, 0.29) is 0 Å². The van der Waals surface area contributed by atoms with Crippen LogP contribution in [0.4, 0.5) is 0 Å². The molecule has 2 aromatic rings. The first kappa shape index (κ1) is 13.8. The molecule has 3 nitrogen and oxygen atoms in total. The van der Waals surface area contributed by atoms with Crippen LogP contribution in [-0.4, -0.2) is 16.0 Å². The fourth-order valence-corrected chi connectivity index (χ4v) is 1.93. The van der Waals surface area contributed by atoms with E-state index in [1.54, 1.807) is 0 Å². The Morgan fingerprint density at radius 2 is 1.95 bits per heavy atom. The number of nitrogens with zero attached hydrogens (tertiary/aromatic N) is 1. The molecule has 0 radical (unpaired) electrons. The molecule has 0 amide bonds. The number of hydrogen-bond donors (Lipinski definition) is 2. The zero-order valence-corrected chi connectivity index (χ0v) is 12.0. The van der Waals surface area contributed by atoms with Gasteiger partial charge in [0.2, 0.25) is 0 Å². The molecule has 1 unspecified atom stereocenters. The zero-order chi connectivity index (χ0) is 13.7. The smallest absolute Gasteiger partial charge is 0.120 e. The summed E-state index contributed by atoms with van der Waals surface area (Å²) >= 11 is 0. The van der Waals surface area contributed by atoms with Crippen molar-refractivity contribution in [1.29, 1.82) is 0 Å². The van der Waals surface area contributed by atoms with Gasteiger partial charge in [0.25, 0.3) is 0 Å². The Labute approximate surface area is 115 Å². The molecule has 3 heteroatoms. The van der Waals surface area contributed by atoms with Gasteiger partial charge < -0.3 is 10.3 Å². The summed E-state index contributed by atoms with van der Waals surface area (Å²) in [6.07, 6.45) is 4.12. The van der Waals surface area contributed by atoms with Crippen LogP contribution in [0.5, 0.6) is 0 Å². The Morgan fingerprint density at radius 1 is 1.21 bits per heavy atom. The van der Waals surface area contributed by atoms with Crippen molar-refractivity contribution in [2.24, 2.45) is 0 Å². The third-order valence-electron chi connectivity index (χ3n) is 3.53. The van der Waals surface area contributed by atoms with Crippen molar-refractivity contribution < 1.29 is 0 Å². The molecule has 0 saturated carbocycles. The molecule has 2 N–H and O–H groups in total. The van der Waals surface area contributed by atoms with Crippen molar-refractivity contribution in [3.8, 4) is 11.3 Å². The summed E-state index contributed by atoms with van der Waals surface area (Å²) in [7, 11) is 0. The van der Waals surface area contributed by atoms with Gasteiger partial charge in [-0.15, -0.1) is 0 Å². The molecule has 2 rings (SSSR count). The average molecular weight is 257 g/mol. The van der Waals surface area contributed by atoms with Gasteiger partial charge in [-0.05, 0) is 30.9 Å². The van der Waals surface area contributed by atoms with E-state index in [1.807, 2.05) is 6.20 Å². The van der Waals surface area contributed by atoms with Crippen molar-refractivity contribution in [2.75, 3.05) is 0 Å². The summed E-state index contributed by atoms with van der Waals surface area (Å²) < 4.78 is 0. The average Bonchev–Trinajstić information content (AvgIpc) is 2.93. The van der Waals surface area contributed by atoms with Crippen LogP contribution in [0.2, 0.25) is 0 Å². The number of H-pyrrole nitrogens is 1. The molecule has 0 aliphatic rings. The van der Waals surface area contributed by atoms with E-state index < -0.39 is 0 Å². The molecule has 0 spiro atoms. The normalized spacial score (nSPS) is 12.6. The van der Waals surface area contributed by atoms with Crippen molar-refractivity contribution in [3.63, 3.8) is 0 Å². The van der Waals surface area contributed by atoms with Gasteiger partial charge in [0, 0.05) is 6.04 Å². The molecule has 1 aromatic heterocycles. The molecule has 0 fully saturated rings. The number of rotatable bonds is 6. The van der Waals surface area contributed by atoms with Gasteiger partial charge in [-0.1, -0.05) is 38.1 Å². The summed E-state index contributed by atoms with van der Waals surface area (Å²) in [5.74, 6) is 0.995. The Bertz CT molecular complexity index is 499. The van der Waals surface area contributed by atoms with Crippen LogP contribution >= 0.6 is 0 Å². The van der Waals surface area contributed by atoms with Crippen molar-refractivity contribution >= 4 is 0 Å². The standard InChI is InChI=1S/C16H23N3/c1-4-12(3)17-11-16-18-10-15(19-16)14-8-6-13(5-2)7-9-14/h6-10,12,17H,4-5,11H2,1-3H3,(H,18,19). The fraction of sp³-hybridized carbons (Fsp3) is 0.438. The second-order valence-electron chi connectivity index (χ2n) is 4.98. The number of aromatic amines is 1. The summed E-state index contributed by atoms with van der Waals surface area (Å²) in [5.41, 5.74) is 3.64. The lowest BCUT2D eigenvalue weighted by atomic mass is 10.1. The van der Waals surface area contributed by atoms with Gasteiger partial charge in [0.15, 0.2) is 0 Å². The van der Waals surface area contributed by atoms with E-state index in [0.717, 1.165) is 30.9 Å². The lowest BCUT2D eigenvalue weighted by Crippen LogP contribution is -2.24. The molecule has 0 aliphatic carbocycles. The number of aryl methyl sites for hydroxylation is 1. The van der Waals surface area contributed by atoms with Gasteiger partial charge in [-0.2, -0.15) is 0 Å². The summed E-state index contributed by atoms with van der Waals surface area (Å²) in [4.78, 5) is 7.80. The Balaban J connectivity index is 2.03. The van der Waals surface area contributed by atoms with Crippen LogP contribution in [0, 0.1) is 0 Å². The number of benzene rings is 1. The lowest BCUT2D eigenvalue weighted by Gasteiger charge is -2.08. The maximum atomic E-state index is 4.42. The first-order chi connectivity index (χ1) is 9.22. The van der Waals surface area contributed by atoms with Crippen LogP contribution in [0.25, 0.3) is 11.3 Å². The second kappa shape index (κ2) is 6.53.